The molecule has 21 heavy (non-hydrogen) atoms. The summed E-state index contributed by atoms with van der Waals surface area (Å²) in [6.07, 6.45) is 1.53. The molecule has 0 heterocycles. The van der Waals surface area contributed by atoms with Gasteiger partial charge in [0, 0.05) is 6.54 Å². The van der Waals surface area contributed by atoms with Gasteiger partial charge in [0.15, 0.2) is 11.5 Å². The van der Waals surface area contributed by atoms with Crippen LogP contribution in [0.3, 0.4) is 0 Å². The van der Waals surface area contributed by atoms with Crippen LogP contribution in [0.2, 0.25) is 0 Å². The van der Waals surface area contributed by atoms with E-state index >= 15 is 0 Å². The first-order valence-electron chi connectivity index (χ1n) is 7.38. The van der Waals surface area contributed by atoms with E-state index in [-0.39, 0.29) is 12.3 Å². The number of hydrogen-bond donors (Lipinski definition) is 1. The molecule has 6 heteroatoms. The van der Waals surface area contributed by atoms with Gasteiger partial charge in [-0.2, -0.15) is 0 Å². The Morgan fingerprint density at radius 2 is 1.71 bits per heavy atom. The lowest BCUT2D eigenvalue weighted by molar-refractivity contribution is 0.287. The highest BCUT2D eigenvalue weighted by Gasteiger charge is 2.11. The molecule has 1 aromatic rings. The van der Waals surface area contributed by atoms with Crippen molar-refractivity contribution in [3.05, 3.63) is 23.8 Å². The maximum absolute atomic E-state index is 11.8. The molecule has 0 aliphatic rings. The third kappa shape index (κ3) is 6.35. The quantitative estimate of drug-likeness (QED) is 0.721. The minimum atomic E-state index is -3.21. The summed E-state index contributed by atoms with van der Waals surface area (Å²) >= 11 is 0. The van der Waals surface area contributed by atoms with Crippen LogP contribution in [-0.4, -0.2) is 27.4 Å². The number of unbranched alkanes of at least 4 members (excludes halogenated alkanes) is 1. The minimum absolute atomic E-state index is 0.166. The molecule has 0 fully saturated rings. The lowest BCUT2D eigenvalue weighted by Crippen LogP contribution is -2.25. The summed E-state index contributed by atoms with van der Waals surface area (Å²) in [6.45, 7) is 7.13. The molecule has 5 nitrogen and oxygen atoms in total. The van der Waals surface area contributed by atoms with Crippen LogP contribution in [0, 0.1) is 0 Å². The smallest absolute Gasteiger partial charge is 0.211 e. The maximum Gasteiger partial charge on any atom is 0.211 e. The van der Waals surface area contributed by atoms with Crippen molar-refractivity contribution in [2.45, 2.75) is 40.2 Å². The highest BCUT2D eigenvalue weighted by Crippen LogP contribution is 2.28. The van der Waals surface area contributed by atoms with Gasteiger partial charge in [-0.3, -0.25) is 0 Å². The zero-order valence-corrected chi connectivity index (χ0v) is 13.8. The molecule has 1 N–H and O–H groups in total. The molecule has 0 saturated carbocycles. The largest absolute Gasteiger partial charge is 0.490 e. The van der Waals surface area contributed by atoms with Crippen molar-refractivity contribution in [2.24, 2.45) is 0 Å². The normalized spacial score (nSPS) is 11.4. The Morgan fingerprint density at radius 1 is 1.05 bits per heavy atom. The SMILES string of the molecule is CCCCS(=O)(=O)NCc1ccc(OCC)c(OCC)c1. The standard InChI is InChI=1S/C15H25NO4S/c1-4-7-10-21(17,18)16-12-13-8-9-14(19-5-2)15(11-13)20-6-3/h8-9,11,16H,4-7,10,12H2,1-3H3. The molecule has 0 spiro atoms. The Balaban J connectivity index is 2.73. The number of sulfonamides is 1. The molecular weight excluding hydrogens is 290 g/mol. The van der Waals surface area contributed by atoms with E-state index in [4.69, 9.17) is 9.47 Å². The average molecular weight is 315 g/mol. The molecule has 0 saturated heterocycles. The first-order chi connectivity index (χ1) is 10.0. The number of rotatable bonds is 10. The van der Waals surface area contributed by atoms with Gasteiger partial charge >= 0.3 is 0 Å². The first kappa shape index (κ1) is 17.8. The van der Waals surface area contributed by atoms with Crippen molar-refractivity contribution in [3.63, 3.8) is 0 Å². The topological polar surface area (TPSA) is 64.6 Å². The van der Waals surface area contributed by atoms with Gasteiger partial charge in [0.2, 0.25) is 10.0 Å². The molecule has 0 aliphatic carbocycles. The molecule has 0 aromatic heterocycles. The van der Waals surface area contributed by atoms with Crippen LogP contribution in [0.15, 0.2) is 18.2 Å². The molecule has 0 amide bonds. The first-order valence-corrected chi connectivity index (χ1v) is 9.03. The monoisotopic (exact) mass is 315 g/mol. The lowest BCUT2D eigenvalue weighted by Gasteiger charge is -2.13. The van der Waals surface area contributed by atoms with E-state index in [1.165, 1.54) is 0 Å². The molecule has 0 unspecified atom stereocenters. The van der Waals surface area contributed by atoms with Gasteiger partial charge in [-0.05, 0) is 38.0 Å². The fraction of sp³-hybridized carbons (Fsp3) is 0.600. The van der Waals surface area contributed by atoms with E-state index in [9.17, 15) is 8.42 Å². The number of hydrogen-bond acceptors (Lipinski definition) is 4. The Morgan fingerprint density at radius 3 is 2.33 bits per heavy atom. The van der Waals surface area contributed by atoms with Crippen molar-refractivity contribution in [3.8, 4) is 11.5 Å². The van der Waals surface area contributed by atoms with E-state index in [2.05, 4.69) is 4.72 Å². The van der Waals surface area contributed by atoms with Gasteiger partial charge in [0.25, 0.3) is 0 Å². The summed E-state index contributed by atoms with van der Waals surface area (Å²) in [5, 5.41) is 0. The van der Waals surface area contributed by atoms with E-state index in [0.29, 0.717) is 31.1 Å². The number of ether oxygens (including phenoxy) is 2. The van der Waals surface area contributed by atoms with Crippen LogP contribution in [0.5, 0.6) is 11.5 Å². The van der Waals surface area contributed by atoms with E-state index in [1.807, 2.05) is 39.0 Å². The second-order valence-electron chi connectivity index (χ2n) is 4.64. The van der Waals surface area contributed by atoms with Crippen molar-refractivity contribution in [1.29, 1.82) is 0 Å². The molecule has 0 radical (unpaired) electrons. The Kier molecular flexibility index (Phi) is 7.53. The van der Waals surface area contributed by atoms with E-state index in [0.717, 1.165) is 12.0 Å². The molecular formula is C15H25NO4S. The number of nitrogens with one attached hydrogen (secondary N) is 1. The molecule has 1 rings (SSSR count). The molecule has 0 atom stereocenters. The summed E-state index contributed by atoms with van der Waals surface area (Å²) in [4.78, 5) is 0. The van der Waals surface area contributed by atoms with Crippen LogP contribution >= 0.6 is 0 Å². The van der Waals surface area contributed by atoms with Crippen molar-refractivity contribution < 1.29 is 17.9 Å². The van der Waals surface area contributed by atoms with Crippen molar-refractivity contribution in [2.75, 3.05) is 19.0 Å². The fourth-order valence-electron chi connectivity index (χ4n) is 1.81. The second-order valence-corrected chi connectivity index (χ2v) is 6.57. The van der Waals surface area contributed by atoms with E-state index < -0.39 is 10.0 Å². The molecule has 0 aliphatic heterocycles. The molecule has 1 aromatic carbocycles. The van der Waals surface area contributed by atoms with Gasteiger partial charge in [-0.15, -0.1) is 0 Å². The fourth-order valence-corrected chi connectivity index (χ4v) is 3.00. The highest BCUT2D eigenvalue weighted by atomic mass is 32.2. The summed E-state index contributed by atoms with van der Waals surface area (Å²) in [6, 6.07) is 5.47. The summed E-state index contributed by atoms with van der Waals surface area (Å²) in [7, 11) is -3.21. The third-order valence-electron chi connectivity index (χ3n) is 2.87. The van der Waals surface area contributed by atoms with Crippen molar-refractivity contribution >= 4 is 10.0 Å². The summed E-state index contributed by atoms with van der Waals surface area (Å²) < 4.78 is 37.2. The van der Waals surface area contributed by atoms with E-state index in [1.54, 1.807) is 0 Å². The predicted molar refractivity (Wildman–Crippen MR) is 84.3 cm³/mol. The molecule has 0 bridgehead atoms. The second kappa shape index (κ2) is 8.89. The van der Waals surface area contributed by atoms with Gasteiger partial charge < -0.3 is 9.47 Å². The van der Waals surface area contributed by atoms with Gasteiger partial charge in [0.05, 0.1) is 19.0 Å². The lowest BCUT2D eigenvalue weighted by atomic mass is 10.2. The molecule has 120 valence electrons. The Bertz CT molecular complexity index is 528. The Labute approximate surface area is 127 Å². The van der Waals surface area contributed by atoms with Gasteiger partial charge in [0.1, 0.15) is 0 Å². The number of benzene rings is 1. The van der Waals surface area contributed by atoms with Crippen LogP contribution in [0.4, 0.5) is 0 Å². The highest BCUT2D eigenvalue weighted by molar-refractivity contribution is 7.89. The summed E-state index contributed by atoms with van der Waals surface area (Å²) in [5.74, 6) is 1.49. The zero-order chi connectivity index (χ0) is 15.7. The van der Waals surface area contributed by atoms with Crippen molar-refractivity contribution in [1.82, 2.24) is 4.72 Å². The third-order valence-corrected chi connectivity index (χ3v) is 4.28. The van der Waals surface area contributed by atoms with Gasteiger partial charge in [-0.25, -0.2) is 13.1 Å². The minimum Gasteiger partial charge on any atom is -0.490 e. The Hall–Kier alpha value is -1.27. The van der Waals surface area contributed by atoms with Gasteiger partial charge in [-0.1, -0.05) is 19.4 Å². The van der Waals surface area contributed by atoms with Crippen LogP contribution < -0.4 is 14.2 Å². The maximum atomic E-state index is 11.8. The zero-order valence-electron chi connectivity index (χ0n) is 13.0. The van der Waals surface area contributed by atoms with Crippen LogP contribution in [0.25, 0.3) is 0 Å². The van der Waals surface area contributed by atoms with Crippen LogP contribution in [0.1, 0.15) is 39.2 Å². The average Bonchev–Trinajstić information content (AvgIpc) is 2.46. The van der Waals surface area contributed by atoms with Crippen LogP contribution in [-0.2, 0) is 16.6 Å². The predicted octanol–water partition coefficient (Wildman–Crippen LogP) is 2.70. The summed E-state index contributed by atoms with van der Waals surface area (Å²) in [5.41, 5.74) is 0.849.